The minimum absolute atomic E-state index is 0.0133. The number of imide groups is 2. The number of anilines is 1. The van der Waals surface area contributed by atoms with E-state index in [1.807, 2.05) is 43.3 Å². The molecule has 246 valence electrons. The van der Waals surface area contributed by atoms with E-state index in [0.717, 1.165) is 15.5 Å². The van der Waals surface area contributed by atoms with Gasteiger partial charge < -0.3 is 10.2 Å². The lowest BCUT2D eigenvalue weighted by atomic mass is 9.49. The molecule has 2 saturated heterocycles. The third-order valence-electron chi connectivity index (χ3n) is 10.6. The van der Waals surface area contributed by atoms with E-state index in [2.05, 4.69) is 5.43 Å². The Hall–Kier alpha value is -4.96. The Morgan fingerprint density at radius 1 is 0.958 bits per heavy atom. The number of carbonyl (C=O) groups is 5. The van der Waals surface area contributed by atoms with Crippen LogP contribution < -0.4 is 5.43 Å². The molecule has 4 amide bonds. The second-order valence-corrected chi connectivity index (χ2v) is 13.6. The molecule has 2 heterocycles. The van der Waals surface area contributed by atoms with Crippen LogP contribution in [0.15, 0.2) is 84.4 Å². The highest BCUT2D eigenvalue weighted by Crippen LogP contribution is 2.65. The van der Waals surface area contributed by atoms with Crippen LogP contribution in [0.4, 0.5) is 5.69 Å². The summed E-state index contributed by atoms with van der Waals surface area (Å²) in [4.78, 5) is 69.7. The van der Waals surface area contributed by atoms with Crippen LogP contribution in [0, 0.1) is 30.6 Å². The number of aryl methyl sites for hydroxylation is 1. The Labute approximate surface area is 282 Å². The summed E-state index contributed by atoms with van der Waals surface area (Å²) in [6.45, 7) is 1.92. The van der Waals surface area contributed by atoms with E-state index in [1.54, 1.807) is 36.4 Å². The van der Waals surface area contributed by atoms with E-state index in [4.69, 9.17) is 16.7 Å². The third kappa shape index (κ3) is 4.80. The number of carbonyl (C=O) groups excluding carboxylic acids is 4. The molecule has 3 aromatic rings. The highest BCUT2D eigenvalue weighted by molar-refractivity contribution is 6.30. The van der Waals surface area contributed by atoms with Crippen molar-refractivity contribution in [2.75, 3.05) is 12.0 Å². The summed E-state index contributed by atoms with van der Waals surface area (Å²) in [7, 11) is 0. The standard InChI is InChI=1S/C37H34ClN3O7/c1-20-9-12-23(13-10-20)39-41-34(46)28-19-26-24(14-15-25-31(26)35(47)40(33(25)45)17-5-8-30(43)44)32(27-18-22(38)11-16-29(27)42)37(28,36(41)48)21-6-3-2-4-7-21/h2-4,6-7,9-14,16,18,25-26,28,31-32,39,42H,5,8,15,17,19H2,1H3,(H,43,44)/t25-,26+,28-,31-,32+,37+/m0/s1. The second-order valence-electron chi connectivity index (χ2n) is 13.1. The molecule has 2 aliphatic carbocycles. The van der Waals surface area contributed by atoms with Gasteiger partial charge in [-0.25, -0.2) is 0 Å². The van der Waals surface area contributed by atoms with Gasteiger partial charge in [0.05, 0.1) is 28.9 Å². The SMILES string of the molecule is Cc1ccc(NN2C(=O)[C@@H]3C[C@@H]4C(=CC[C@@H]5C(=O)N(CCCC(=O)O)C(=O)[C@@H]54)[C@H](c4cc(Cl)ccc4O)[C@]3(c3ccccc3)C2=O)cc1. The van der Waals surface area contributed by atoms with Gasteiger partial charge in [-0.15, -0.1) is 0 Å². The molecule has 0 spiro atoms. The van der Waals surface area contributed by atoms with Gasteiger partial charge in [-0.2, -0.15) is 5.01 Å². The average molecular weight is 668 g/mol. The maximum atomic E-state index is 15.1. The highest BCUT2D eigenvalue weighted by atomic mass is 35.5. The fourth-order valence-corrected chi connectivity index (χ4v) is 8.70. The number of nitrogens with one attached hydrogen (secondary N) is 1. The lowest BCUT2D eigenvalue weighted by Gasteiger charge is -2.50. The number of hydrazine groups is 1. The van der Waals surface area contributed by atoms with Crippen LogP contribution >= 0.6 is 11.6 Å². The van der Waals surface area contributed by atoms with Gasteiger partial charge in [0.1, 0.15) is 5.75 Å². The smallest absolute Gasteiger partial charge is 0.303 e. The number of phenolic OH excluding ortho intramolecular Hbond substituents is 1. The number of halogens is 1. The Morgan fingerprint density at radius 2 is 1.69 bits per heavy atom. The average Bonchev–Trinajstić information content (AvgIpc) is 3.44. The summed E-state index contributed by atoms with van der Waals surface area (Å²) < 4.78 is 0. The van der Waals surface area contributed by atoms with Crippen LogP contribution in [0.25, 0.3) is 0 Å². The number of benzene rings is 3. The van der Waals surface area contributed by atoms with E-state index >= 15 is 4.79 Å². The van der Waals surface area contributed by atoms with Crippen LogP contribution in [0.1, 0.15) is 48.3 Å². The van der Waals surface area contributed by atoms with E-state index < -0.39 is 58.7 Å². The lowest BCUT2D eigenvalue weighted by molar-refractivity contribution is -0.142. The summed E-state index contributed by atoms with van der Waals surface area (Å²) in [6, 6.07) is 20.9. The van der Waals surface area contributed by atoms with Crippen molar-refractivity contribution in [1.29, 1.82) is 0 Å². The number of phenols is 1. The Kier molecular flexibility index (Phi) is 7.86. The largest absolute Gasteiger partial charge is 0.508 e. The first-order chi connectivity index (χ1) is 23.0. The minimum atomic E-state index is -1.53. The highest BCUT2D eigenvalue weighted by Gasteiger charge is 2.70. The molecule has 10 nitrogen and oxygen atoms in total. The number of likely N-dealkylation sites (tertiary alicyclic amines) is 1. The van der Waals surface area contributed by atoms with Crippen molar-refractivity contribution >= 4 is 46.9 Å². The number of allylic oxidation sites excluding steroid dienone is 2. The summed E-state index contributed by atoms with van der Waals surface area (Å²) in [6.07, 6.45) is 2.17. The van der Waals surface area contributed by atoms with Gasteiger partial charge in [0.2, 0.25) is 11.8 Å². The molecule has 7 rings (SSSR count). The van der Waals surface area contributed by atoms with E-state index in [-0.39, 0.29) is 43.9 Å². The van der Waals surface area contributed by atoms with Crippen LogP contribution in [0.5, 0.6) is 5.75 Å². The number of carboxylic acids is 1. The van der Waals surface area contributed by atoms with Gasteiger partial charge in [0.25, 0.3) is 11.8 Å². The van der Waals surface area contributed by atoms with Gasteiger partial charge >= 0.3 is 5.97 Å². The number of aromatic hydroxyl groups is 1. The van der Waals surface area contributed by atoms with E-state index in [9.17, 15) is 24.3 Å². The number of hydrogen-bond donors (Lipinski definition) is 3. The van der Waals surface area contributed by atoms with Crippen LogP contribution in [0.3, 0.4) is 0 Å². The monoisotopic (exact) mass is 667 g/mol. The summed E-state index contributed by atoms with van der Waals surface area (Å²) in [5.41, 5.74) is 4.68. The Balaban J connectivity index is 1.40. The van der Waals surface area contributed by atoms with Gasteiger partial charge in [-0.1, -0.05) is 71.3 Å². The molecule has 3 fully saturated rings. The number of rotatable bonds is 8. The number of aliphatic carboxylic acids is 1. The van der Waals surface area contributed by atoms with Crippen LogP contribution in [0.2, 0.25) is 5.02 Å². The van der Waals surface area contributed by atoms with Crippen LogP contribution in [-0.4, -0.2) is 56.3 Å². The van der Waals surface area contributed by atoms with Crippen LogP contribution in [-0.2, 0) is 29.4 Å². The minimum Gasteiger partial charge on any atom is -0.508 e. The first-order valence-electron chi connectivity index (χ1n) is 16.1. The van der Waals surface area contributed by atoms with Crippen molar-refractivity contribution in [3.8, 4) is 5.75 Å². The van der Waals surface area contributed by atoms with Gasteiger partial charge in [0, 0.05) is 29.5 Å². The van der Waals surface area contributed by atoms with Gasteiger partial charge in [0.15, 0.2) is 0 Å². The van der Waals surface area contributed by atoms with Crippen molar-refractivity contribution in [3.63, 3.8) is 0 Å². The first-order valence-corrected chi connectivity index (χ1v) is 16.4. The zero-order valence-electron chi connectivity index (χ0n) is 26.1. The molecule has 3 aromatic carbocycles. The molecule has 0 bridgehead atoms. The predicted molar refractivity (Wildman–Crippen MR) is 175 cm³/mol. The number of amides is 4. The second kappa shape index (κ2) is 11.9. The molecule has 6 atom stereocenters. The maximum Gasteiger partial charge on any atom is 0.303 e. The molecule has 0 radical (unpaired) electrons. The number of hydrogen-bond acceptors (Lipinski definition) is 7. The lowest BCUT2D eigenvalue weighted by Crippen LogP contribution is -2.53. The van der Waals surface area contributed by atoms with Crippen molar-refractivity contribution in [2.24, 2.45) is 23.7 Å². The molecule has 2 aliphatic heterocycles. The fraction of sp³-hybridized carbons (Fsp3) is 0.324. The van der Waals surface area contributed by atoms with Gasteiger partial charge in [-0.05, 0) is 68.0 Å². The number of fused-ring (bicyclic) bond motifs is 4. The maximum absolute atomic E-state index is 15.1. The third-order valence-corrected chi connectivity index (χ3v) is 10.8. The van der Waals surface area contributed by atoms with Crippen molar-refractivity contribution in [3.05, 3.63) is 106 Å². The quantitative estimate of drug-likeness (QED) is 0.220. The molecule has 11 heteroatoms. The van der Waals surface area contributed by atoms with Gasteiger partial charge in [-0.3, -0.25) is 34.3 Å². The number of nitrogens with zero attached hydrogens (tertiary/aromatic N) is 2. The summed E-state index contributed by atoms with van der Waals surface area (Å²) >= 11 is 6.53. The molecular weight excluding hydrogens is 634 g/mol. The molecule has 3 N–H and O–H groups in total. The van der Waals surface area contributed by atoms with Crippen molar-refractivity contribution in [1.82, 2.24) is 9.91 Å². The first kappa shape index (κ1) is 31.6. The topological polar surface area (TPSA) is 144 Å². The molecule has 4 aliphatic rings. The molecule has 0 unspecified atom stereocenters. The molecule has 0 aromatic heterocycles. The predicted octanol–water partition coefficient (Wildman–Crippen LogP) is 5.20. The zero-order valence-corrected chi connectivity index (χ0v) is 26.9. The van der Waals surface area contributed by atoms with E-state index in [0.29, 0.717) is 27.4 Å². The van der Waals surface area contributed by atoms with Crippen molar-refractivity contribution < 1.29 is 34.2 Å². The zero-order chi connectivity index (χ0) is 33.9. The van der Waals surface area contributed by atoms with Crippen molar-refractivity contribution in [2.45, 2.75) is 43.9 Å². The molecular formula is C37H34ClN3O7. The Bertz CT molecular complexity index is 1880. The summed E-state index contributed by atoms with van der Waals surface area (Å²) in [5, 5.41) is 21.9. The molecule has 1 saturated carbocycles. The molecule has 48 heavy (non-hydrogen) atoms. The number of carboxylic acid groups (broad SMARTS) is 1. The van der Waals surface area contributed by atoms with E-state index in [1.165, 1.54) is 6.07 Å². The fourth-order valence-electron chi connectivity index (χ4n) is 8.52. The summed E-state index contributed by atoms with van der Waals surface area (Å²) in [5.74, 6) is -6.84. The Morgan fingerprint density at radius 3 is 2.40 bits per heavy atom. The normalized spacial score (nSPS) is 27.8.